The number of epoxide rings is 1. The lowest BCUT2D eigenvalue weighted by Gasteiger charge is -2.20. The lowest BCUT2D eigenvalue weighted by molar-refractivity contribution is 0.0695. The molecule has 2 atom stereocenters. The van der Waals surface area contributed by atoms with Gasteiger partial charge in [-0.1, -0.05) is 30.4 Å². The monoisotopic (exact) mass is 476 g/mol. The van der Waals surface area contributed by atoms with Crippen LogP contribution in [0.4, 0.5) is 4.39 Å². The number of nitrogens with zero attached hydrogens (tertiary/aromatic N) is 2. The van der Waals surface area contributed by atoms with E-state index in [4.69, 9.17) is 4.74 Å². The van der Waals surface area contributed by atoms with Gasteiger partial charge in [-0.15, -0.1) is 0 Å². The van der Waals surface area contributed by atoms with E-state index in [1.165, 1.54) is 17.7 Å². The number of aromatic nitrogens is 2. The average molecular weight is 477 g/mol. The fourth-order valence-corrected chi connectivity index (χ4v) is 5.52. The van der Waals surface area contributed by atoms with Gasteiger partial charge in [0.05, 0.1) is 23.1 Å². The molecule has 0 bridgehead atoms. The second kappa shape index (κ2) is 8.56. The summed E-state index contributed by atoms with van der Waals surface area (Å²) >= 11 is 4.27. The van der Waals surface area contributed by atoms with E-state index in [9.17, 15) is 14.3 Å². The van der Waals surface area contributed by atoms with Crippen LogP contribution in [0.25, 0.3) is 11.8 Å². The lowest BCUT2D eigenvalue weighted by atomic mass is 9.81. The van der Waals surface area contributed by atoms with Crippen molar-refractivity contribution in [3.05, 3.63) is 88.5 Å². The molecule has 0 amide bonds. The standard InChI is InChI=1S/C25H21FN2O3.C2H4S/c26-19-5-7-20(8-6-19)28-22-13-18-10-12-24(25(18,31-24)14-17(22)15-27-28)11-9-16-3-1-2-4-21(16)23(29)30;1-2-3/h1-8,13,15H,9-12,14H2,(H,29,30);2H,1H3/t24-,25?;/m0./s1. The molecular formula is C27H25FN2O3S. The Bertz CT molecular complexity index is 1300. The molecule has 7 heteroatoms. The molecule has 5 nitrogen and oxygen atoms in total. The van der Waals surface area contributed by atoms with Crippen LogP contribution in [-0.2, 0) is 17.6 Å². The number of carbonyl (C=O) groups is 1. The molecule has 34 heavy (non-hydrogen) atoms. The number of hydrogen-bond acceptors (Lipinski definition) is 4. The molecule has 2 heterocycles. The third-order valence-electron chi connectivity index (χ3n) is 7.13. The first-order valence-electron chi connectivity index (χ1n) is 11.4. The number of aryl methyl sites for hydroxylation is 1. The Morgan fingerprint density at radius 1 is 1.26 bits per heavy atom. The number of benzene rings is 2. The number of rotatable bonds is 5. The van der Waals surface area contributed by atoms with Gasteiger partial charge in [-0.25, -0.2) is 13.9 Å². The van der Waals surface area contributed by atoms with E-state index < -0.39 is 5.97 Å². The van der Waals surface area contributed by atoms with Crippen LogP contribution < -0.4 is 0 Å². The van der Waals surface area contributed by atoms with Crippen molar-refractivity contribution in [3.63, 3.8) is 0 Å². The zero-order chi connectivity index (χ0) is 23.9. The maximum absolute atomic E-state index is 13.3. The molecule has 3 aromatic rings. The SMILES string of the molecule is CC=S.O=C(O)c1ccccc1CC[C@]12CCC3=Cc4c(cnn4-c4ccc(F)cc4)CC31O2. The van der Waals surface area contributed by atoms with Crippen molar-refractivity contribution >= 4 is 29.6 Å². The van der Waals surface area contributed by atoms with E-state index in [0.29, 0.717) is 12.0 Å². The van der Waals surface area contributed by atoms with E-state index >= 15 is 0 Å². The highest BCUT2D eigenvalue weighted by Crippen LogP contribution is 2.67. The number of thiocarbonyl (C=S) groups is 1. The van der Waals surface area contributed by atoms with Gasteiger partial charge in [-0.05, 0) is 85.5 Å². The first-order valence-corrected chi connectivity index (χ1v) is 11.9. The van der Waals surface area contributed by atoms with Gasteiger partial charge in [-0.2, -0.15) is 5.10 Å². The molecule has 6 rings (SSSR count). The minimum Gasteiger partial charge on any atom is -0.478 e. The third kappa shape index (κ3) is 3.60. The smallest absolute Gasteiger partial charge is 0.335 e. The van der Waals surface area contributed by atoms with Gasteiger partial charge >= 0.3 is 5.97 Å². The quantitative estimate of drug-likeness (QED) is 0.384. The van der Waals surface area contributed by atoms with Gasteiger partial charge in [0.15, 0.2) is 0 Å². The second-order valence-electron chi connectivity index (χ2n) is 8.91. The van der Waals surface area contributed by atoms with Crippen LogP contribution >= 0.6 is 12.2 Å². The first kappa shape index (κ1) is 22.6. The van der Waals surface area contributed by atoms with E-state index in [-0.39, 0.29) is 17.0 Å². The first-order chi connectivity index (χ1) is 16.4. The normalized spacial score (nSPS) is 23.5. The Labute approximate surface area is 202 Å². The van der Waals surface area contributed by atoms with Crippen molar-refractivity contribution in [3.8, 4) is 5.69 Å². The summed E-state index contributed by atoms with van der Waals surface area (Å²) in [5.74, 6) is -1.15. The van der Waals surface area contributed by atoms with Crippen molar-refractivity contribution in [2.45, 2.75) is 50.2 Å². The van der Waals surface area contributed by atoms with E-state index in [0.717, 1.165) is 48.2 Å². The van der Waals surface area contributed by atoms with Crippen LogP contribution in [0.3, 0.4) is 0 Å². The minimum atomic E-state index is -0.887. The summed E-state index contributed by atoms with van der Waals surface area (Å²) in [6.45, 7) is 1.81. The van der Waals surface area contributed by atoms with Crippen molar-refractivity contribution in [1.82, 2.24) is 9.78 Å². The molecule has 1 spiro atoms. The maximum atomic E-state index is 13.3. The van der Waals surface area contributed by atoms with Crippen LogP contribution in [0, 0.1) is 5.82 Å². The number of carboxylic acid groups (broad SMARTS) is 1. The molecule has 1 saturated carbocycles. The summed E-state index contributed by atoms with van der Waals surface area (Å²) in [7, 11) is 0. The number of carboxylic acids is 1. The summed E-state index contributed by atoms with van der Waals surface area (Å²) in [4.78, 5) is 11.5. The molecule has 1 N–H and O–H groups in total. The molecule has 2 fully saturated rings. The Balaban J connectivity index is 0.000000764. The maximum Gasteiger partial charge on any atom is 0.335 e. The Morgan fingerprint density at radius 2 is 2.00 bits per heavy atom. The van der Waals surface area contributed by atoms with Gasteiger partial charge in [0.1, 0.15) is 17.0 Å². The van der Waals surface area contributed by atoms with Gasteiger partial charge in [-0.3, -0.25) is 0 Å². The number of hydrogen-bond donors (Lipinski definition) is 1. The Hall–Kier alpha value is -3.16. The highest BCUT2D eigenvalue weighted by Gasteiger charge is 2.74. The summed E-state index contributed by atoms with van der Waals surface area (Å²) in [6.07, 6.45) is 8.24. The van der Waals surface area contributed by atoms with Crippen LogP contribution in [0.1, 0.15) is 53.4 Å². The minimum absolute atomic E-state index is 0.222. The average Bonchev–Trinajstić information content (AvgIpc) is 3.09. The summed E-state index contributed by atoms with van der Waals surface area (Å²) in [6, 6.07) is 13.6. The Morgan fingerprint density at radius 3 is 2.74 bits per heavy atom. The number of aromatic carboxylic acids is 1. The van der Waals surface area contributed by atoms with Crippen LogP contribution in [-0.4, -0.2) is 37.4 Å². The van der Waals surface area contributed by atoms with Crippen molar-refractivity contribution in [2.75, 3.05) is 0 Å². The molecule has 2 aliphatic carbocycles. The van der Waals surface area contributed by atoms with Gasteiger partial charge in [0, 0.05) is 12.0 Å². The molecule has 3 aliphatic rings. The van der Waals surface area contributed by atoms with Gasteiger partial charge in [0.2, 0.25) is 0 Å². The van der Waals surface area contributed by atoms with Crippen LogP contribution in [0.2, 0.25) is 0 Å². The van der Waals surface area contributed by atoms with E-state index in [2.05, 4.69) is 23.4 Å². The van der Waals surface area contributed by atoms with E-state index in [1.807, 2.05) is 29.9 Å². The van der Waals surface area contributed by atoms with Gasteiger partial charge in [0.25, 0.3) is 0 Å². The van der Waals surface area contributed by atoms with Crippen molar-refractivity contribution in [1.29, 1.82) is 0 Å². The van der Waals surface area contributed by atoms with Gasteiger partial charge < -0.3 is 9.84 Å². The third-order valence-corrected chi connectivity index (χ3v) is 7.13. The molecule has 1 unspecified atom stereocenters. The highest BCUT2D eigenvalue weighted by atomic mass is 32.1. The lowest BCUT2D eigenvalue weighted by Crippen LogP contribution is -2.27. The summed E-state index contributed by atoms with van der Waals surface area (Å²) in [5.41, 5.74) is 5.01. The molecule has 1 aliphatic heterocycles. The van der Waals surface area contributed by atoms with Crippen molar-refractivity contribution in [2.24, 2.45) is 0 Å². The van der Waals surface area contributed by atoms with E-state index in [1.54, 1.807) is 29.6 Å². The highest BCUT2D eigenvalue weighted by molar-refractivity contribution is 7.78. The fourth-order valence-electron chi connectivity index (χ4n) is 5.52. The second-order valence-corrected chi connectivity index (χ2v) is 9.38. The predicted molar refractivity (Wildman–Crippen MR) is 132 cm³/mol. The predicted octanol–water partition coefficient (Wildman–Crippen LogP) is 5.59. The molecule has 1 aromatic heterocycles. The largest absolute Gasteiger partial charge is 0.478 e. The fraction of sp³-hybridized carbons (Fsp3) is 0.296. The van der Waals surface area contributed by atoms with Crippen LogP contribution in [0.15, 0.2) is 60.3 Å². The Kier molecular flexibility index (Phi) is 5.70. The number of ether oxygens (including phenoxy) is 1. The zero-order valence-electron chi connectivity index (χ0n) is 18.8. The molecule has 2 aromatic carbocycles. The summed E-state index contributed by atoms with van der Waals surface area (Å²) in [5, 5.41) is 15.6. The molecule has 174 valence electrons. The summed E-state index contributed by atoms with van der Waals surface area (Å²) < 4.78 is 21.6. The molecular weight excluding hydrogens is 451 g/mol. The molecule has 1 saturated heterocycles. The zero-order valence-corrected chi connectivity index (χ0v) is 19.6. The molecule has 0 radical (unpaired) electrons. The number of fused-ring (bicyclic) bond motifs is 1. The van der Waals surface area contributed by atoms with Crippen molar-refractivity contribution < 1.29 is 19.0 Å². The van der Waals surface area contributed by atoms with Crippen LogP contribution in [0.5, 0.6) is 0 Å². The number of halogens is 1. The topological polar surface area (TPSA) is 67.6 Å².